The molecule has 0 aromatic heterocycles. The largest absolute Gasteiger partial charge is 0.385 e. The van der Waals surface area contributed by atoms with Gasteiger partial charge in [0, 0.05) is 35.7 Å². The van der Waals surface area contributed by atoms with E-state index in [1.54, 1.807) is 0 Å². The molecule has 0 spiro atoms. The van der Waals surface area contributed by atoms with Gasteiger partial charge in [-0.1, -0.05) is 66.2 Å². The predicted molar refractivity (Wildman–Crippen MR) is 140 cm³/mol. The van der Waals surface area contributed by atoms with Gasteiger partial charge in [0.1, 0.15) is 0 Å². The molecule has 0 saturated carbocycles. The van der Waals surface area contributed by atoms with Crippen molar-refractivity contribution in [1.29, 1.82) is 0 Å². The third-order valence-corrected chi connectivity index (χ3v) is 8.78. The molecule has 0 radical (unpaired) electrons. The molecule has 34 heavy (non-hydrogen) atoms. The molecule has 3 aromatic rings. The molecule has 174 valence electrons. The predicted octanol–water partition coefficient (Wildman–Crippen LogP) is 6.53. The van der Waals surface area contributed by atoms with E-state index < -0.39 is 11.1 Å². The van der Waals surface area contributed by atoms with Gasteiger partial charge in [-0.25, -0.2) is 6.57 Å². The van der Waals surface area contributed by atoms with Crippen molar-refractivity contribution in [2.24, 2.45) is 0 Å². The minimum Gasteiger partial charge on any atom is -0.385 e. The summed E-state index contributed by atoms with van der Waals surface area (Å²) in [4.78, 5) is 8.05. The van der Waals surface area contributed by atoms with Crippen LogP contribution < -0.4 is 0 Å². The Bertz CT molecular complexity index is 1140. The van der Waals surface area contributed by atoms with Gasteiger partial charge in [0.05, 0.1) is 11.2 Å². The van der Waals surface area contributed by atoms with Gasteiger partial charge in [0.25, 0.3) is 5.54 Å². The SMILES string of the molecule is [C-]#[N+]C1(CCCN2CCC(O)(c3ccc(C)cc3)CC2)c2ccccc2CSc2ccccc21. The Hall–Kier alpha value is -2.58. The molecule has 0 bridgehead atoms. The topological polar surface area (TPSA) is 27.8 Å². The van der Waals surface area contributed by atoms with E-state index in [4.69, 9.17) is 6.57 Å². The zero-order valence-electron chi connectivity index (χ0n) is 19.8. The Morgan fingerprint density at radius 3 is 2.35 bits per heavy atom. The van der Waals surface area contributed by atoms with E-state index in [0.717, 1.165) is 62.2 Å². The number of rotatable bonds is 5. The highest BCUT2D eigenvalue weighted by atomic mass is 32.2. The minimum atomic E-state index is -0.724. The van der Waals surface area contributed by atoms with Gasteiger partial charge in [-0.2, -0.15) is 0 Å². The highest BCUT2D eigenvalue weighted by molar-refractivity contribution is 7.98. The molecular weight excluding hydrogens is 436 g/mol. The van der Waals surface area contributed by atoms with Crippen LogP contribution in [0.15, 0.2) is 77.7 Å². The number of benzene rings is 3. The lowest BCUT2D eigenvalue weighted by atomic mass is 9.78. The molecular formula is C30H32N2OS. The van der Waals surface area contributed by atoms with Gasteiger partial charge in [-0.15, -0.1) is 11.8 Å². The Labute approximate surface area is 207 Å². The molecule has 0 amide bonds. The average Bonchev–Trinajstić information content (AvgIpc) is 3.01. The first-order valence-corrected chi connectivity index (χ1v) is 13.2. The number of thioether (sulfide) groups is 1. The lowest BCUT2D eigenvalue weighted by Crippen LogP contribution is -2.43. The summed E-state index contributed by atoms with van der Waals surface area (Å²) in [6.45, 7) is 13.2. The lowest BCUT2D eigenvalue weighted by molar-refractivity contribution is -0.0262. The Morgan fingerprint density at radius 1 is 0.941 bits per heavy atom. The number of piperidine rings is 1. The zero-order valence-corrected chi connectivity index (χ0v) is 20.7. The van der Waals surface area contributed by atoms with Crippen LogP contribution in [0.1, 0.15) is 53.5 Å². The minimum absolute atomic E-state index is 0.630. The number of aryl methyl sites for hydroxylation is 1. The molecule has 1 atom stereocenters. The quantitative estimate of drug-likeness (QED) is 0.432. The van der Waals surface area contributed by atoms with E-state index in [2.05, 4.69) is 89.5 Å². The molecule has 1 unspecified atom stereocenters. The summed E-state index contributed by atoms with van der Waals surface area (Å²) < 4.78 is 0. The first-order chi connectivity index (χ1) is 16.5. The highest BCUT2D eigenvalue weighted by Gasteiger charge is 2.45. The van der Waals surface area contributed by atoms with E-state index in [0.29, 0.717) is 0 Å². The molecule has 1 N–H and O–H groups in total. The molecule has 3 aromatic carbocycles. The number of hydrogen-bond acceptors (Lipinski definition) is 3. The molecule has 2 heterocycles. The van der Waals surface area contributed by atoms with Crippen molar-refractivity contribution < 1.29 is 5.11 Å². The fourth-order valence-electron chi connectivity index (χ4n) is 5.59. The summed E-state index contributed by atoms with van der Waals surface area (Å²) >= 11 is 1.85. The van der Waals surface area contributed by atoms with Crippen molar-refractivity contribution >= 4 is 11.8 Å². The van der Waals surface area contributed by atoms with Gasteiger partial charge >= 0.3 is 0 Å². The van der Waals surface area contributed by atoms with Crippen LogP contribution in [0.4, 0.5) is 0 Å². The van der Waals surface area contributed by atoms with Crippen LogP contribution in [0.5, 0.6) is 0 Å². The third-order valence-electron chi connectivity index (χ3n) is 7.65. The summed E-state index contributed by atoms with van der Waals surface area (Å²) in [6.07, 6.45) is 3.28. The molecule has 4 heteroatoms. The first-order valence-electron chi connectivity index (χ1n) is 12.3. The van der Waals surface area contributed by atoms with Crippen molar-refractivity contribution in [3.63, 3.8) is 0 Å². The van der Waals surface area contributed by atoms with E-state index in [1.807, 2.05) is 11.8 Å². The van der Waals surface area contributed by atoms with Crippen LogP contribution in [0.2, 0.25) is 0 Å². The molecule has 1 fully saturated rings. The van der Waals surface area contributed by atoms with Crippen molar-refractivity contribution in [1.82, 2.24) is 4.90 Å². The second kappa shape index (κ2) is 9.58. The Balaban J connectivity index is 1.30. The van der Waals surface area contributed by atoms with Gasteiger partial charge in [0.15, 0.2) is 0 Å². The maximum absolute atomic E-state index is 11.2. The van der Waals surface area contributed by atoms with E-state index in [9.17, 15) is 5.11 Å². The summed E-state index contributed by atoms with van der Waals surface area (Å²) in [5.74, 6) is 0.911. The van der Waals surface area contributed by atoms with Crippen LogP contribution >= 0.6 is 11.8 Å². The van der Waals surface area contributed by atoms with Crippen molar-refractivity contribution in [2.45, 2.75) is 54.4 Å². The van der Waals surface area contributed by atoms with Crippen LogP contribution in [0, 0.1) is 13.5 Å². The van der Waals surface area contributed by atoms with Crippen molar-refractivity contribution in [3.05, 3.63) is 112 Å². The van der Waals surface area contributed by atoms with Crippen molar-refractivity contribution in [2.75, 3.05) is 19.6 Å². The maximum Gasteiger partial charge on any atom is 0.283 e. The second-order valence-corrected chi connectivity index (χ2v) is 10.8. The maximum atomic E-state index is 11.2. The summed E-state index contributed by atoms with van der Waals surface area (Å²) in [5, 5.41) is 11.2. The molecule has 1 saturated heterocycles. The number of hydrogen-bond donors (Lipinski definition) is 1. The monoisotopic (exact) mass is 468 g/mol. The normalized spacial score (nSPS) is 21.7. The number of likely N-dealkylation sites (tertiary alicyclic amines) is 1. The van der Waals surface area contributed by atoms with Gasteiger partial charge in [-0.05, 0) is 56.0 Å². The zero-order chi connectivity index (χ0) is 23.6. The fraction of sp³-hybridized carbons (Fsp3) is 0.367. The van der Waals surface area contributed by atoms with Crippen LogP contribution in [0.25, 0.3) is 4.85 Å². The summed E-state index contributed by atoms with van der Waals surface area (Å²) in [6, 6.07) is 25.3. The van der Waals surface area contributed by atoms with E-state index in [1.165, 1.54) is 21.6 Å². The second-order valence-electron chi connectivity index (χ2n) is 9.76. The van der Waals surface area contributed by atoms with Gasteiger partial charge in [0.2, 0.25) is 0 Å². The lowest BCUT2D eigenvalue weighted by Gasteiger charge is -2.39. The molecule has 5 rings (SSSR count). The standard InChI is InChI=1S/C30H32N2OS/c1-23-12-14-25(15-13-23)29(33)17-20-32(21-18-29)19-7-16-30(31-2)26-9-4-3-8-24(26)22-34-28-11-6-5-10-27(28)30/h3-6,8-15,33H,7,16-22H2,1H3. The number of fused-ring (bicyclic) bond motifs is 2. The first kappa shape index (κ1) is 23.2. The van der Waals surface area contributed by atoms with Crippen LogP contribution in [0.3, 0.4) is 0 Å². The van der Waals surface area contributed by atoms with E-state index in [-0.39, 0.29) is 0 Å². The Kier molecular flexibility index (Phi) is 6.53. The summed E-state index contributed by atoms with van der Waals surface area (Å²) in [7, 11) is 0. The van der Waals surface area contributed by atoms with Crippen LogP contribution in [-0.2, 0) is 16.9 Å². The van der Waals surface area contributed by atoms with Crippen LogP contribution in [-0.4, -0.2) is 29.6 Å². The molecule has 3 nitrogen and oxygen atoms in total. The number of aliphatic hydroxyl groups is 1. The highest BCUT2D eigenvalue weighted by Crippen LogP contribution is 2.48. The Morgan fingerprint density at radius 2 is 1.62 bits per heavy atom. The smallest absolute Gasteiger partial charge is 0.283 e. The molecule has 2 aliphatic heterocycles. The van der Waals surface area contributed by atoms with E-state index >= 15 is 0 Å². The summed E-state index contributed by atoms with van der Waals surface area (Å²) in [5.41, 5.74) is 4.52. The van der Waals surface area contributed by atoms with Crippen molar-refractivity contribution in [3.8, 4) is 0 Å². The average molecular weight is 469 g/mol. The fourth-order valence-corrected chi connectivity index (χ4v) is 6.72. The third kappa shape index (κ3) is 4.29. The number of nitrogens with zero attached hydrogens (tertiary/aromatic N) is 2. The molecule has 2 aliphatic rings. The van der Waals surface area contributed by atoms with Gasteiger partial charge < -0.3 is 10.0 Å². The van der Waals surface area contributed by atoms with Gasteiger partial charge in [-0.3, -0.25) is 4.85 Å². The molecule has 0 aliphatic carbocycles.